The number of aryl methyl sites for hydroxylation is 1. The number of nitrogens with zero attached hydrogens (tertiary/aromatic N) is 2. The number of rotatable bonds is 7. The summed E-state index contributed by atoms with van der Waals surface area (Å²) >= 11 is 0. The number of para-hydroxylation sites is 1. The second kappa shape index (κ2) is 8.90. The Morgan fingerprint density at radius 2 is 1.58 bits per heavy atom. The lowest BCUT2D eigenvalue weighted by atomic mass is 9.92. The summed E-state index contributed by atoms with van der Waals surface area (Å²) in [6.45, 7) is 4.45. The van der Waals surface area contributed by atoms with Gasteiger partial charge in [0.05, 0.1) is 11.7 Å². The first-order chi connectivity index (χ1) is 16.1. The standard InChI is InChI=1S/C30H32N2O/c1-4-5-7-14-21(2)32-29(23-17-10-11-18-24(23)30(32)33)27-25-19-12-13-20-26(25)31(3)28(27)22-15-8-6-9-16-22/h6,8-13,15-21,29H,4-5,7,14H2,1-3H3. The van der Waals surface area contributed by atoms with Gasteiger partial charge in [-0.15, -0.1) is 0 Å². The van der Waals surface area contributed by atoms with Crippen molar-refractivity contribution in [1.82, 2.24) is 9.47 Å². The SMILES string of the molecule is CCCCCC(C)N1C(=O)c2ccccc2C1c1c(-c2ccccc2)n(C)c2ccccc12. The van der Waals surface area contributed by atoms with Crippen LogP contribution in [0.3, 0.4) is 0 Å². The Kier molecular flexibility index (Phi) is 5.80. The van der Waals surface area contributed by atoms with E-state index in [1.165, 1.54) is 40.6 Å². The number of carbonyl (C=O) groups excluding carboxylic acids is 1. The van der Waals surface area contributed by atoms with Crippen LogP contribution in [0.1, 0.15) is 67.1 Å². The van der Waals surface area contributed by atoms with Crippen LogP contribution < -0.4 is 0 Å². The molecular weight excluding hydrogens is 404 g/mol. The third-order valence-corrected chi connectivity index (χ3v) is 7.17. The maximum atomic E-state index is 13.8. The predicted octanol–water partition coefficient (Wildman–Crippen LogP) is 7.36. The summed E-state index contributed by atoms with van der Waals surface area (Å²) in [6, 6.07) is 27.5. The number of benzene rings is 3. The summed E-state index contributed by atoms with van der Waals surface area (Å²) in [7, 11) is 2.14. The Balaban J connectivity index is 1.76. The first kappa shape index (κ1) is 21.5. The van der Waals surface area contributed by atoms with Crippen molar-refractivity contribution in [2.45, 2.75) is 51.6 Å². The maximum absolute atomic E-state index is 13.8. The molecule has 0 N–H and O–H groups in total. The Labute approximate surface area is 196 Å². The van der Waals surface area contributed by atoms with Crippen molar-refractivity contribution in [2.24, 2.45) is 7.05 Å². The van der Waals surface area contributed by atoms with E-state index in [0.29, 0.717) is 0 Å². The highest BCUT2D eigenvalue weighted by Gasteiger charge is 2.42. The van der Waals surface area contributed by atoms with Crippen LogP contribution in [-0.2, 0) is 7.05 Å². The zero-order chi connectivity index (χ0) is 22.9. The number of unbranched alkanes of at least 4 members (excludes halogenated alkanes) is 2. The zero-order valence-corrected chi connectivity index (χ0v) is 19.8. The Morgan fingerprint density at radius 1 is 0.879 bits per heavy atom. The monoisotopic (exact) mass is 436 g/mol. The molecule has 1 aliphatic rings. The van der Waals surface area contributed by atoms with Crippen molar-refractivity contribution in [3.8, 4) is 11.3 Å². The number of hydrogen-bond donors (Lipinski definition) is 0. The zero-order valence-electron chi connectivity index (χ0n) is 19.8. The van der Waals surface area contributed by atoms with Crippen LogP contribution in [0.15, 0.2) is 78.9 Å². The lowest BCUT2D eigenvalue weighted by molar-refractivity contribution is 0.0668. The van der Waals surface area contributed by atoms with Crippen LogP contribution >= 0.6 is 0 Å². The Morgan fingerprint density at radius 3 is 2.36 bits per heavy atom. The average Bonchev–Trinajstić information content (AvgIpc) is 3.31. The fourth-order valence-electron chi connectivity index (χ4n) is 5.56. The van der Waals surface area contributed by atoms with Crippen LogP contribution in [0.5, 0.6) is 0 Å². The number of carbonyl (C=O) groups is 1. The molecule has 168 valence electrons. The van der Waals surface area contributed by atoms with Gasteiger partial charge in [0.1, 0.15) is 0 Å². The molecule has 0 bridgehead atoms. The highest BCUT2D eigenvalue weighted by Crippen LogP contribution is 2.47. The minimum Gasteiger partial charge on any atom is -0.343 e. The van der Waals surface area contributed by atoms with Gasteiger partial charge in [0.25, 0.3) is 5.91 Å². The molecule has 1 aromatic heterocycles. The van der Waals surface area contributed by atoms with E-state index in [1.807, 2.05) is 12.1 Å². The lowest BCUT2D eigenvalue weighted by Gasteiger charge is -2.32. The van der Waals surface area contributed by atoms with Crippen LogP contribution in [0, 0.1) is 0 Å². The minimum absolute atomic E-state index is 0.0911. The molecule has 0 saturated carbocycles. The molecule has 2 atom stereocenters. The largest absolute Gasteiger partial charge is 0.343 e. The Bertz CT molecular complexity index is 1290. The number of fused-ring (bicyclic) bond motifs is 2. The van der Waals surface area contributed by atoms with E-state index >= 15 is 0 Å². The van der Waals surface area contributed by atoms with E-state index in [1.54, 1.807) is 0 Å². The molecule has 0 radical (unpaired) electrons. The molecule has 5 rings (SSSR count). The fraction of sp³-hybridized carbons (Fsp3) is 0.300. The first-order valence-corrected chi connectivity index (χ1v) is 12.2. The van der Waals surface area contributed by atoms with Crippen molar-refractivity contribution >= 4 is 16.8 Å². The molecule has 2 unspecified atom stereocenters. The quantitative estimate of drug-likeness (QED) is 0.278. The van der Waals surface area contributed by atoms with Gasteiger partial charge in [0.2, 0.25) is 0 Å². The molecule has 4 aromatic rings. The van der Waals surface area contributed by atoms with Gasteiger partial charge in [0, 0.05) is 35.1 Å². The lowest BCUT2D eigenvalue weighted by Crippen LogP contribution is -2.37. The van der Waals surface area contributed by atoms with Crippen LogP contribution in [0.2, 0.25) is 0 Å². The van der Waals surface area contributed by atoms with E-state index < -0.39 is 0 Å². The molecule has 3 aromatic carbocycles. The van der Waals surface area contributed by atoms with E-state index in [4.69, 9.17) is 0 Å². The normalized spacial score (nSPS) is 16.4. The van der Waals surface area contributed by atoms with Crippen molar-refractivity contribution in [1.29, 1.82) is 0 Å². The van der Waals surface area contributed by atoms with E-state index in [0.717, 1.165) is 24.0 Å². The molecule has 1 aliphatic heterocycles. The third-order valence-electron chi connectivity index (χ3n) is 7.17. The van der Waals surface area contributed by atoms with Crippen molar-refractivity contribution in [3.63, 3.8) is 0 Å². The van der Waals surface area contributed by atoms with Gasteiger partial charge >= 0.3 is 0 Å². The van der Waals surface area contributed by atoms with Gasteiger partial charge in [-0.25, -0.2) is 0 Å². The average molecular weight is 437 g/mol. The van der Waals surface area contributed by atoms with E-state index in [2.05, 4.69) is 97.1 Å². The molecule has 3 heteroatoms. The summed E-state index contributed by atoms with van der Waals surface area (Å²) in [5.41, 5.74) is 6.77. The predicted molar refractivity (Wildman–Crippen MR) is 136 cm³/mol. The summed E-state index contributed by atoms with van der Waals surface area (Å²) in [5.74, 6) is 0.159. The molecule has 0 fully saturated rings. The first-order valence-electron chi connectivity index (χ1n) is 12.2. The number of amides is 1. The van der Waals surface area contributed by atoms with Gasteiger partial charge in [0.15, 0.2) is 0 Å². The molecule has 3 nitrogen and oxygen atoms in total. The second-order valence-electron chi connectivity index (χ2n) is 9.25. The second-order valence-corrected chi connectivity index (χ2v) is 9.25. The van der Waals surface area contributed by atoms with Gasteiger partial charge in [-0.05, 0) is 36.6 Å². The summed E-state index contributed by atoms with van der Waals surface area (Å²) < 4.78 is 2.30. The number of hydrogen-bond acceptors (Lipinski definition) is 1. The van der Waals surface area contributed by atoms with Crippen LogP contribution in [-0.4, -0.2) is 21.4 Å². The van der Waals surface area contributed by atoms with Gasteiger partial charge < -0.3 is 9.47 Å². The van der Waals surface area contributed by atoms with Gasteiger partial charge in [-0.1, -0.05) is 92.9 Å². The van der Waals surface area contributed by atoms with Gasteiger partial charge in [-0.2, -0.15) is 0 Å². The maximum Gasteiger partial charge on any atom is 0.255 e. The molecule has 33 heavy (non-hydrogen) atoms. The third kappa shape index (κ3) is 3.56. The van der Waals surface area contributed by atoms with E-state index in [9.17, 15) is 4.79 Å². The topological polar surface area (TPSA) is 25.2 Å². The summed E-state index contributed by atoms with van der Waals surface area (Å²) in [6.07, 6.45) is 4.56. The summed E-state index contributed by atoms with van der Waals surface area (Å²) in [5, 5.41) is 1.22. The molecule has 0 saturated heterocycles. The van der Waals surface area contributed by atoms with Crippen LogP contribution in [0.4, 0.5) is 0 Å². The molecular formula is C30H32N2O. The summed E-state index contributed by atoms with van der Waals surface area (Å²) in [4.78, 5) is 15.9. The molecule has 2 heterocycles. The number of aromatic nitrogens is 1. The highest BCUT2D eigenvalue weighted by atomic mass is 16.2. The van der Waals surface area contributed by atoms with Crippen molar-refractivity contribution in [3.05, 3.63) is 95.6 Å². The van der Waals surface area contributed by atoms with Gasteiger partial charge in [-0.3, -0.25) is 4.79 Å². The van der Waals surface area contributed by atoms with Crippen molar-refractivity contribution in [2.75, 3.05) is 0 Å². The molecule has 0 spiro atoms. The highest BCUT2D eigenvalue weighted by molar-refractivity contribution is 6.02. The minimum atomic E-state index is -0.0911. The molecule has 1 amide bonds. The fourth-order valence-corrected chi connectivity index (χ4v) is 5.56. The smallest absolute Gasteiger partial charge is 0.255 e. The Hall–Kier alpha value is -3.33. The van der Waals surface area contributed by atoms with Crippen LogP contribution in [0.25, 0.3) is 22.2 Å². The molecule has 0 aliphatic carbocycles. The van der Waals surface area contributed by atoms with Crippen molar-refractivity contribution < 1.29 is 4.79 Å². The van der Waals surface area contributed by atoms with E-state index in [-0.39, 0.29) is 18.0 Å².